The molecule has 17 heteroatoms. The number of nitrogens with one attached hydrogen (secondary N) is 4. The Kier molecular flexibility index (Phi) is 12.5. The van der Waals surface area contributed by atoms with Crippen LogP contribution in [0.5, 0.6) is 11.5 Å². The van der Waals surface area contributed by atoms with Crippen LogP contribution in [-0.4, -0.2) is 105 Å². The normalized spacial score (nSPS) is 16.8. The molecule has 2 aromatic heterocycles. The number of anilines is 3. The van der Waals surface area contributed by atoms with Gasteiger partial charge in [0.15, 0.2) is 0 Å². The van der Waals surface area contributed by atoms with E-state index in [2.05, 4.69) is 54.4 Å². The van der Waals surface area contributed by atoms with Gasteiger partial charge in [0, 0.05) is 91.1 Å². The molecule has 4 N–H and O–H groups in total. The zero-order valence-electron chi connectivity index (χ0n) is 34.4. The molecule has 0 spiro atoms. The van der Waals surface area contributed by atoms with Crippen LogP contribution in [0.4, 0.5) is 17.3 Å². The summed E-state index contributed by atoms with van der Waals surface area (Å²) in [6, 6.07) is 18.2. The van der Waals surface area contributed by atoms with Crippen molar-refractivity contribution in [3.05, 3.63) is 96.8 Å². The van der Waals surface area contributed by atoms with E-state index in [1.54, 1.807) is 37.6 Å². The van der Waals surface area contributed by atoms with Crippen LogP contribution in [0.2, 0.25) is 0 Å². The third-order valence-corrected chi connectivity index (χ3v) is 12.4. The highest BCUT2D eigenvalue weighted by atomic mass is 32.2. The summed E-state index contributed by atoms with van der Waals surface area (Å²) in [5, 5.41) is 12.7. The van der Waals surface area contributed by atoms with Gasteiger partial charge in [-0.3, -0.25) is 34.2 Å². The summed E-state index contributed by atoms with van der Waals surface area (Å²) < 4.78 is 14.0. The standard InChI is InChI=1S/C45H47N9O7S/c1-4-40(55)48-34-22-33(50-45-46-17-14-32(49-45)30-24-52(2)35-10-6-5-8-28(30)35)37(60-3)23-38(34)61-21-20-53-18-15-27(16-19-53)47-42(57)26-62-39-11-7-9-29-31(39)25-54(44(29)59)36-12-13-41(56)51-43(36)58/h4-11,14,17,22-24,27,36H,1,12-13,15-16,18-21,25-26H2,2-3H3,(H,47,57)(H,48,55)(H,46,49,50)(H,51,56,58). The maximum atomic E-state index is 13.2. The van der Waals surface area contributed by atoms with Crippen molar-refractivity contribution in [2.45, 2.75) is 49.2 Å². The van der Waals surface area contributed by atoms with E-state index >= 15 is 0 Å². The molecular weight excluding hydrogens is 811 g/mol. The Morgan fingerprint density at radius 2 is 1.82 bits per heavy atom. The molecule has 320 valence electrons. The Balaban J connectivity index is 0.835. The van der Waals surface area contributed by atoms with Crippen LogP contribution >= 0.6 is 11.8 Å². The summed E-state index contributed by atoms with van der Waals surface area (Å²) in [4.78, 5) is 76.8. The summed E-state index contributed by atoms with van der Waals surface area (Å²) >= 11 is 1.37. The second-order valence-electron chi connectivity index (χ2n) is 15.3. The van der Waals surface area contributed by atoms with Crippen molar-refractivity contribution in [1.82, 2.24) is 35.0 Å². The van der Waals surface area contributed by atoms with Crippen molar-refractivity contribution in [3.8, 4) is 22.8 Å². The minimum atomic E-state index is -0.695. The van der Waals surface area contributed by atoms with Gasteiger partial charge in [0.25, 0.3) is 5.91 Å². The molecule has 5 aromatic rings. The van der Waals surface area contributed by atoms with Gasteiger partial charge in [-0.25, -0.2) is 9.97 Å². The molecule has 16 nitrogen and oxygen atoms in total. The lowest BCUT2D eigenvalue weighted by Gasteiger charge is -2.32. The molecule has 0 radical (unpaired) electrons. The molecule has 0 aliphatic carbocycles. The van der Waals surface area contributed by atoms with Crippen molar-refractivity contribution >= 4 is 69.5 Å². The van der Waals surface area contributed by atoms with Gasteiger partial charge < -0.3 is 34.9 Å². The smallest absolute Gasteiger partial charge is 0.255 e. The molecule has 5 amide bonds. The molecule has 0 bridgehead atoms. The third kappa shape index (κ3) is 9.13. The van der Waals surface area contributed by atoms with E-state index in [0.29, 0.717) is 54.0 Å². The van der Waals surface area contributed by atoms with Gasteiger partial charge in [-0.15, -0.1) is 11.8 Å². The average Bonchev–Trinajstić information content (AvgIpc) is 3.80. The third-order valence-electron chi connectivity index (χ3n) is 11.3. The maximum absolute atomic E-state index is 13.2. The lowest BCUT2D eigenvalue weighted by molar-refractivity contribution is -0.137. The monoisotopic (exact) mass is 857 g/mol. The number of carbonyl (C=O) groups is 5. The maximum Gasteiger partial charge on any atom is 0.255 e. The number of amides is 5. The average molecular weight is 858 g/mol. The molecule has 3 aliphatic rings. The zero-order valence-corrected chi connectivity index (χ0v) is 35.3. The minimum absolute atomic E-state index is 0.0214. The number of hydrogen-bond acceptors (Lipinski definition) is 12. The van der Waals surface area contributed by atoms with E-state index < -0.39 is 17.9 Å². The highest BCUT2D eigenvalue weighted by Crippen LogP contribution is 2.39. The lowest BCUT2D eigenvalue weighted by atomic mass is 10.0. The Hall–Kier alpha value is -6.72. The van der Waals surface area contributed by atoms with E-state index in [1.807, 2.05) is 37.5 Å². The molecule has 2 saturated heterocycles. The number of likely N-dealkylation sites (tertiary alicyclic amines) is 1. The number of methoxy groups -OCH3 is 1. The Labute approximate surface area is 362 Å². The van der Waals surface area contributed by atoms with Crippen LogP contribution in [0.25, 0.3) is 22.2 Å². The van der Waals surface area contributed by atoms with Crippen LogP contribution < -0.4 is 30.7 Å². The second-order valence-corrected chi connectivity index (χ2v) is 16.3. The van der Waals surface area contributed by atoms with Gasteiger partial charge >= 0.3 is 0 Å². The predicted octanol–water partition coefficient (Wildman–Crippen LogP) is 5.02. The quantitative estimate of drug-likeness (QED) is 0.0626. The molecule has 0 saturated carbocycles. The summed E-state index contributed by atoms with van der Waals surface area (Å²) in [6.45, 7) is 6.33. The predicted molar refractivity (Wildman–Crippen MR) is 235 cm³/mol. The molecule has 2 fully saturated rings. The number of imide groups is 1. The highest BCUT2D eigenvalue weighted by Gasteiger charge is 2.40. The first-order valence-corrected chi connectivity index (χ1v) is 21.4. The number of aryl methyl sites for hydroxylation is 1. The second kappa shape index (κ2) is 18.5. The fraction of sp³-hybridized carbons (Fsp3) is 0.311. The Morgan fingerprint density at radius 3 is 2.61 bits per heavy atom. The van der Waals surface area contributed by atoms with Crippen LogP contribution in [-0.2, 0) is 32.8 Å². The van der Waals surface area contributed by atoms with Gasteiger partial charge in [0.05, 0.1) is 29.9 Å². The van der Waals surface area contributed by atoms with Crippen LogP contribution in [0.3, 0.4) is 0 Å². The summed E-state index contributed by atoms with van der Waals surface area (Å²) in [6.07, 6.45) is 6.94. The summed E-state index contributed by atoms with van der Waals surface area (Å²) in [5.74, 6) is -0.103. The largest absolute Gasteiger partial charge is 0.494 e. The Bertz CT molecular complexity index is 2570. The number of fused-ring (bicyclic) bond motifs is 2. The molecule has 8 rings (SSSR count). The van der Waals surface area contributed by atoms with Crippen LogP contribution in [0, 0.1) is 0 Å². The molecule has 5 heterocycles. The van der Waals surface area contributed by atoms with Gasteiger partial charge in [0.2, 0.25) is 29.6 Å². The number of nitrogens with zero attached hydrogens (tertiary/aromatic N) is 5. The number of rotatable bonds is 15. The zero-order chi connectivity index (χ0) is 43.3. The first kappa shape index (κ1) is 42.0. The number of para-hydroxylation sites is 1. The van der Waals surface area contributed by atoms with Crippen molar-refractivity contribution in [2.75, 3.05) is 49.7 Å². The van der Waals surface area contributed by atoms with E-state index in [4.69, 9.17) is 14.5 Å². The fourth-order valence-electron chi connectivity index (χ4n) is 8.15. The SMILES string of the molecule is C=CC(=O)Nc1cc(Nc2nccc(-c3cn(C)c4ccccc34)n2)c(OC)cc1OCCN1CCC(NC(=O)CSc2cccc3c2CN(C2CCC(=O)NC2=O)C3=O)CC1. The lowest BCUT2D eigenvalue weighted by Crippen LogP contribution is -2.52. The van der Waals surface area contributed by atoms with Gasteiger partial charge in [0.1, 0.15) is 24.1 Å². The first-order valence-electron chi connectivity index (χ1n) is 20.4. The van der Waals surface area contributed by atoms with E-state index in [9.17, 15) is 24.0 Å². The van der Waals surface area contributed by atoms with Crippen molar-refractivity contribution in [2.24, 2.45) is 7.05 Å². The van der Waals surface area contributed by atoms with Crippen molar-refractivity contribution in [1.29, 1.82) is 0 Å². The molecule has 62 heavy (non-hydrogen) atoms. The summed E-state index contributed by atoms with van der Waals surface area (Å²) in [5.41, 5.74) is 5.07. The Morgan fingerprint density at radius 1 is 1.00 bits per heavy atom. The number of hydrogen-bond donors (Lipinski definition) is 4. The molecule has 3 aliphatic heterocycles. The van der Waals surface area contributed by atoms with Gasteiger partial charge in [-0.2, -0.15) is 0 Å². The fourth-order valence-corrected chi connectivity index (χ4v) is 9.05. The number of thioether (sulfide) groups is 1. The molecular formula is C45H47N9O7S. The van der Waals surface area contributed by atoms with Crippen LogP contribution in [0.15, 0.2) is 90.6 Å². The first-order chi connectivity index (χ1) is 30.1. The number of aromatic nitrogens is 3. The van der Waals surface area contributed by atoms with Gasteiger partial charge in [-0.05, 0) is 61.2 Å². The van der Waals surface area contributed by atoms with Crippen LogP contribution in [0.1, 0.15) is 41.6 Å². The topological polar surface area (TPSA) is 189 Å². The minimum Gasteiger partial charge on any atom is -0.494 e. The van der Waals surface area contributed by atoms with E-state index in [-0.39, 0.29) is 42.5 Å². The highest BCUT2D eigenvalue weighted by molar-refractivity contribution is 8.00. The van der Waals surface area contributed by atoms with E-state index in [0.717, 1.165) is 58.6 Å². The molecule has 1 atom stereocenters. The molecule has 1 unspecified atom stereocenters. The number of ether oxygens (including phenoxy) is 2. The molecule has 3 aromatic carbocycles. The number of benzene rings is 3. The summed E-state index contributed by atoms with van der Waals surface area (Å²) in [7, 11) is 3.55. The van der Waals surface area contributed by atoms with Gasteiger partial charge in [-0.1, -0.05) is 30.8 Å². The van der Waals surface area contributed by atoms with Crippen molar-refractivity contribution < 1.29 is 33.4 Å². The van der Waals surface area contributed by atoms with E-state index in [1.165, 1.54) is 22.7 Å². The number of carbonyl (C=O) groups excluding carboxylic acids is 5. The number of piperidine rings is 2. The van der Waals surface area contributed by atoms with Crippen molar-refractivity contribution in [3.63, 3.8) is 0 Å².